The van der Waals surface area contributed by atoms with Gasteiger partial charge in [0.1, 0.15) is 16.8 Å². The van der Waals surface area contributed by atoms with E-state index in [0.717, 1.165) is 10.3 Å². The van der Waals surface area contributed by atoms with Gasteiger partial charge in [0.25, 0.3) is 0 Å². The zero-order valence-corrected chi connectivity index (χ0v) is 10.2. The van der Waals surface area contributed by atoms with Crippen molar-refractivity contribution in [1.82, 2.24) is 4.98 Å². The Morgan fingerprint density at radius 2 is 1.89 bits per heavy atom. The number of rotatable bonds is 1. The van der Waals surface area contributed by atoms with E-state index >= 15 is 0 Å². The molecule has 0 atom stereocenters. The molecule has 0 saturated heterocycles. The van der Waals surface area contributed by atoms with Gasteiger partial charge < -0.3 is 9.94 Å². The van der Waals surface area contributed by atoms with Crippen molar-refractivity contribution in [2.45, 2.75) is 6.92 Å². The molecule has 90 valence electrons. The highest BCUT2D eigenvalue weighted by molar-refractivity contribution is 5.82. The maximum Gasteiger partial charge on any atom is 0.243 e. The number of hydrogen-bond donors (Lipinski definition) is 0. The summed E-state index contributed by atoms with van der Waals surface area (Å²) in [6.07, 6.45) is 0. The van der Waals surface area contributed by atoms with Gasteiger partial charge in [-0.15, -0.1) is 0 Å². The van der Waals surface area contributed by atoms with Gasteiger partial charge in [-0.3, -0.25) is 0 Å². The third kappa shape index (κ3) is 1.54. The van der Waals surface area contributed by atoms with E-state index in [1.54, 1.807) is 25.3 Å². The van der Waals surface area contributed by atoms with Crippen LogP contribution in [0.4, 0.5) is 0 Å². The topological polar surface area (TPSA) is 49.1 Å². The Bertz CT molecular complexity index is 753. The highest BCUT2D eigenvalue weighted by Crippen LogP contribution is 2.19. The zero-order valence-electron chi connectivity index (χ0n) is 10.2. The maximum atomic E-state index is 12.3. The molecular weight excluding hydrogens is 228 g/mol. The summed E-state index contributed by atoms with van der Waals surface area (Å²) in [6.45, 7) is 1.96. The smallest absolute Gasteiger partial charge is 0.243 e. The number of methoxy groups -OCH3 is 1. The van der Waals surface area contributed by atoms with E-state index in [1.165, 1.54) is 0 Å². The molecule has 3 rings (SSSR count). The summed E-state index contributed by atoms with van der Waals surface area (Å²) in [5.74, 6) is 0.696. The first kappa shape index (κ1) is 10.8. The second-order valence-corrected chi connectivity index (χ2v) is 4.25. The zero-order chi connectivity index (χ0) is 12.7. The standard InChI is InChI=1S/C14H12N2O2/c1-9-3-5-11-14(7-9)16(17)13-6-4-10(18-2)8-12(13)15-11/h3-8H,1-2H3. The van der Waals surface area contributed by atoms with Crippen molar-refractivity contribution >= 4 is 22.1 Å². The maximum absolute atomic E-state index is 12.3. The molecule has 0 aliphatic rings. The summed E-state index contributed by atoms with van der Waals surface area (Å²) in [5.41, 5.74) is 3.51. The van der Waals surface area contributed by atoms with E-state index in [0.29, 0.717) is 27.8 Å². The second kappa shape index (κ2) is 3.84. The average Bonchev–Trinajstić information content (AvgIpc) is 2.39. The molecule has 0 saturated carbocycles. The van der Waals surface area contributed by atoms with E-state index in [-0.39, 0.29) is 0 Å². The lowest BCUT2D eigenvalue weighted by Gasteiger charge is -2.07. The van der Waals surface area contributed by atoms with Crippen LogP contribution in [-0.2, 0) is 0 Å². The summed E-state index contributed by atoms with van der Waals surface area (Å²) in [6, 6.07) is 10.9. The molecule has 0 bridgehead atoms. The van der Waals surface area contributed by atoms with Gasteiger partial charge in [0, 0.05) is 18.2 Å². The highest BCUT2D eigenvalue weighted by Gasteiger charge is 2.12. The first-order valence-corrected chi connectivity index (χ1v) is 5.67. The normalized spacial score (nSPS) is 11.0. The fourth-order valence-corrected chi connectivity index (χ4v) is 2.04. The average molecular weight is 240 g/mol. The van der Waals surface area contributed by atoms with Crippen LogP contribution >= 0.6 is 0 Å². The van der Waals surface area contributed by atoms with Gasteiger partial charge in [0.15, 0.2) is 0 Å². The summed E-state index contributed by atoms with van der Waals surface area (Å²) >= 11 is 0. The van der Waals surface area contributed by atoms with Crippen molar-refractivity contribution < 1.29 is 9.47 Å². The molecule has 1 heterocycles. The molecule has 0 fully saturated rings. The van der Waals surface area contributed by atoms with Crippen LogP contribution in [0.3, 0.4) is 0 Å². The summed E-state index contributed by atoms with van der Waals surface area (Å²) < 4.78 is 6.06. The number of fused-ring (bicyclic) bond motifs is 2. The quantitative estimate of drug-likeness (QED) is 0.372. The van der Waals surface area contributed by atoms with Crippen molar-refractivity contribution in [3.63, 3.8) is 0 Å². The number of aryl methyl sites for hydroxylation is 1. The molecule has 0 aliphatic heterocycles. The third-order valence-electron chi connectivity index (χ3n) is 2.99. The van der Waals surface area contributed by atoms with E-state index in [4.69, 9.17) is 4.74 Å². The molecule has 0 aliphatic carbocycles. The summed E-state index contributed by atoms with van der Waals surface area (Å²) in [4.78, 5) is 4.49. The number of hydrogen-bond acceptors (Lipinski definition) is 3. The van der Waals surface area contributed by atoms with Crippen molar-refractivity contribution in [2.75, 3.05) is 7.11 Å². The molecule has 4 nitrogen and oxygen atoms in total. The van der Waals surface area contributed by atoms with E-state index in [9.17, 15) is 5.21 Å². The molecule has 18 heavy (non-hydrogen) atoms. The molecule has 2 aromatic carbocycles. The Balaban J connectivity index is 2.44. The van der Waals surface area contributed by atoms with Crippen LogP contribution < -0.4 is 9.47 Å². The monoisotopic (exact) mass is 240 g/mol. The first-order chi connectivity index (χ1) is 8.69. The fraction of sp³-hybridized carbons (Fsp3) is 0.143. The van der Waals surface area contributed by atoms with Crippen LogP contribution in [0.2, 0.25) is 0 Å². The Morgan fingerprint density at radius 1 is 1.06 bits per heavy atom. The van der Waals surface area contributed by atoms with Gasteiger partial charge in [0.05, 0.1) is 7.11 Å². The van der Waals surface area contributed by atoms with Crippen molar-refractivity contribution in [2.24, 2.45) is 0 Å². The van der Waals surface area contributed by atoms with E-state index in [2.05, 4.69) is 4.98 Å². The van der Waals surface area contributed by atoms with Crippen LogP contribution in [0.1, 0.15) is 5.56 Å². The van der Waals surface area contributed by atoms with Crippen LogP contribution in [-0.4, -0.2) is 12.1 Å². The molecular formula is C14H12N2O2. The minimum absolute atomic E-state index is 0.550. The van der Waals surface area contributed by atoms with Gasteiger partial charge in [-0.1, -0.05) is 6.07 Å². The fourth-order valence-electron chi connectivity index (χ4n) is 2.04. The van der Waals surface area contributed by atoms with E-state index < -0.39 is 0 Å². The predicted molar refractivity (Wildman–Crippen MR) is 69.5 cm³/mol. The lowest BCUT2D eigenvalue weighted by Crippen LogP contribution is -2.28. The Hall–Kier alpha value is -2.36. The first-order valence-electron chi connectivity index (χ1n) is 5.67. The van der Waals surface area contributed by atoms with Gasteiger partial charge in [0.2, 0.25) is 11.0 Å². The van der Waals surface area contributed by atoms with E-state index in [1.807, 2.05) is 25.1 Å². The van der Waals surface area contributed by atoms with Gasteiger partial charge in [-0.2, -0.15) is 4.73 Å². The summed E-state index contributed by atoms with van der Waals surface area (Å²) in [5, 5.41) is 12.3. The lowest BCUT2D eigenvalue weighted by molar-refractivity contribution is -0.548. The predicted octanol–water partition coefficient (Wildman–Crippen LogP) is 2.34. The molecule has 1 aromatic heterocycles. The van der Waals surface area contributed by atoms with Crippen LogP contribution in [0, 0.1) is 12.1 Å². The van der Waals surface area contributed by atoms with Crippen molar-refractivity contribution in [3.05, 3.63) is 47.2 Å². The van der Waals surface area contributed by atoms with Crippen molar-refractivity contribution in [1.29, 1.82) is 0 Å². The third-order valence-corrected chi connectivity index (χ3v) is 2.99. The number of nitrogens with zero attached hydrogens (tertiary/aromatic N) is 2. The minimum Gasteiger partial charge on any atom is -0.618 e. The highest BCUT2D eigenvalue weighted by atomic mass is 16.5. The molecule has 0 amide bonds. The van der Waals surface area contributed by atoms with Crippen molar-refractivity contribution in [3.8, 4) is 5.75 Å². The SMILES string of the molecule is COc1ccc2c(c1)nc1ccc(C)cc1[n+]2[O-]. The molecule has 3 aromatic rings. The molecule has 0 N–H and O–H groups in total. The van der Waals surface area contributed by atoms with Crippen LogP contribution in [0.15, 0.2) is 36.4 Å². The lowest BCUT2D eigenvalue weighted by atomic mass is 10.2. The Labute approximate surface area is 104 Å². The molecule has 0 spiro atoms. The van der Waals surface area contributed by atoms with Gasteiger partial charge in [-0.25, -0.2) is 4.98 Å². The molecule has 0 unspecified atom stereocenters. The number of benzene rings is 2. The Morgan fingerprint density at radius 3 is 2.67 bits per heavy atom. The Kier molecular flexibility index (Phi) is 2.30. The minimum atomic E-state index is 0.550. The summed E-state index contributed by atoms with van der Waals surface area (Å²) in [7, 11) is 1.59. The van der Waals surface area contributed by atoms with Gasteiger partial charge >= 0.3 is 0 Å². The second-order valence-electron chi connectivity index (χ2n) is 4.25. The molecule has 0 radical (unpaired) electrons. The largest absolute Gasteiger partial charge is 0.618 e. The van der Waals surface area contributed by atoms with Gasteiger partial charge in [-0.05, 0) is 24.6 Å². The number of ether oxygens (including phenoxy) is 1. The van der Waals surface area contributed by atoms with Crippen LogP contribution in [0.5, 0.6) is 5.75 Å². The molecule has 4 heteroatoms. The number of aromatic nitrogens is 2. The van der Waals surface area contributed by atoms with Crippen LogP contribution in [0.25, 0.3) is 22.1 Å².